The summed E-state index contributed by atoms with van der Waals surface area (Å²) in [7, 11) is 1.33. The molecule has 4 nitrogen and oxygen atoms in total. The van der Waals surface area contributed by atoms with Crippen molar-refractivity contribution in [1.29, 1.82) is 0 Å². The molecule has 1 unspecified atom stereocenters. The molecule has 0 bridgehead atoms. The van der Waals surface area contributed by atoms with Crippen LogP contribution in [0.3, 0.4) is 0 Å². The van der Waals surface area contributed by atoms with Crippen LogP contribution in [0.25, 0.3) is 0 Å². The molecule has 4 heteroatoms. The van der Waals surface area contributed by atoms with E-state index in [1.807, 2.05) is 0 Å². The van der Waals surface area contributed by atoms with Crippen molar-refractivity contribution in [3.05, 3.63) is 23.7 Å². The molecule has 0 aliphatic rings. The molecule has 1 heterocycles. The average molecular weight is 253 g/mol. The number of hydrogen-bond donors (Lipinski definition) is 1. The molecule has 102 valence electrons. The molecule has 0 amide bonds. The van der Waals surface area contributed by atoms with E-state index in [4.69, 9.17) is 10.2 Å². The number of methoxy groups -OCH3 is 1. The lowest BCUT2D eigenvalue weighted by molar-refractivity contribution is 0.0562. The van der Waals surface area contributed by atoms with Crippen LogP contribution in [0.1, 0.15) is 67.8 Å². The number of ether oxygens (including phenoxy) is 1. The van der Waals surface area contributed by atoms with E-state index in [1.165, 1.54) is 32.8 Å². The van der Waals surface area contributed by atoms with Crippen molar-refractivity contribution in [2.45, 2.75) is 51.5 Å². The van der Waals surface area contributed by atoms with Gasteiger partial charge in [0.2, 0.25) is 5.76 Å². The van der Waals surface area contributed by atoms with Gasteiger partial charge in [-0.3, -0.25) is 0 Å². The molecule has 0 saturated carbocycles. The minimum Gasteiger partial charge on any atom is -0.463 e. The van der Waals surface area contributed by atoms with Crippen LogP contribution in [0.15, 0.2) is 16.5 Å². The minimum absolute atomic E-state index is 0.134. The first-order chi connectivity index (χ1) is 8.69. The summed E-state index contributed by atoms with van der Waals surface area (Å²) >= 11 is 0. The summed E-state index contributed by atoms with van der Waals surface area (Å²) in [6.07, 6.45) is 6.96. The molecule has 0 aromatic carbocycles. The van der Waals surface area contributed by atoms with Gasteiger partial charge in [0, 0.05) is 0 Å². The van der Waals surface area contributed by atoms with Crippen molar-refractivity contribution >= 4 is 5.97 Å². The highest BCUT2D eigenvalue weighted by Gasteiger charge is 2.15. The Hall–Kier alpha value is -1.29. The molecule has 0 aliphatic carbocycles. The maximum atomic E-state index is 11.2. The van der Waals surface area contributed by atoms with Crippen LogP contribution in [0.4, 0.5) is 0 Å². The molecule has 1 atom stereocenters. The number of unbranched alkanes of at least 4 members (excludes halogenated alkanes) is 4. The zero-order chi connectivity index (χ0) is 13.4. The predicted molar refractivity (Wildman–Crippen MR) is 70.4 cm³/mol. The Morgan fingerprint density at radius 2 is 2.06 bits per heavy atom. The maximum absolute atomic E-state index is 11.2. The topological polar surface area (TPSA) is 65.5 Å². The maximum Gasteiger partial charge on any atom is 0.373 e. The number of furan rings is 1. The van der Waals surface area contributed by atoms with Gasteiger partial charge in [-0.15, -0.1) is 0 Å². The van der Waals surface area contributed by atoms with E-state index in [9.17, 15) is 4.79 Å². The van der Waals surface area contributed by atoms with Crippen LogP contribution in [0.2, 0.25) is 0 Å². The number of carbonyl (C=O) groups excluding carboxylic acids is 1. The molecular formula is C14H23NO3. The minimum atomic E-state index is -0.462. The van der Waals surface area contributed by atoms with Gasteiger partial charge in [-0.2, -0.15) is 0 Å². The quantitative estimate of drug-likeness (QED) is 0.569. The predicted octanol–water partition coefficient (Wildman–Crippen LogP) is 3.43. The molecule has 2 N–H and O–H groups in total. The number of rotatable bonds is 8. The smallest absolute Gasteiger partial charge is 0.373 e. The lowest BCUT2D eigenvalue weighted by atomic mass is 10.1. The van der Waals surface area contributed by atoms with Crippen LogP contribution in [0, 0.1) is 0 Å². The molecular weight excluding hydrogens is 230 g/mol. The van der Waals surface area contributed by atoms with Gasteiger partial charge >= 0.3 is 5.97 Å². The number of esters is 1. The first-order valence-corrected chi connectivity index (χ1v) is 6.62. The van der Waals surface area contributed by atoms with E-state index in [0.717, 1.165) is 12.8 Å². The first kappa shape index (κ1) is 14.8. The second kappa shape index (κ2) is 7.93. The summed E-state index contributed by atoms with van der Waals surface area (Å²) in [6.45, 7) is 2.20. The molecule has 0 aliphatic heterocycles. The van der Waals surface area contributed by atoms with Gasteiger partial charge in [0.15, 0.2) is 0 Å². The highest BCUT2D eigenvalue weighted by atomic mass is 16.5. The molecule has 18 heavy (non-hydrogen) atoms. The van der Waals surface area contributed by atoms with Crippen LogP contribution in [-0.4, -0.2) is 13.1 Å². The Labute approximate surface area is 108 Å². The third kappa shape index (κ3) is 4.53. The van der Waals surface area contributed by atoms with Crippen molar-refractivity contribution in [2.75, 3.05) is 7.11 Å². The largest absolute Gasteiger partial charge is 0.463 e. The highest BCUT2D eigenvalue weighted by Crippen LogP contribution is 2.20. The van der Waals surface area contributed by atoms with Crippen LogP contribution < -0.4 is 5.73 Å². The second-order valence-electron chi connectivity index (χ2n) is 4.50. The van der Waals surface area contributed by atoms with Gasteiger partial charge in [0.1, 0.15) is 5.76 Å². The van der Waals surface area contributed by atoms with Gasteiger partial charge in [-0.1, -0.05) is 39.0 Å². The van der Waals surface area contributed by atoms with Crippen molar-refractivity contribution in [2.24, 2.45) is 5.73 Å². The van der Waals surface area contributed by atoms with E-state index < -0.39 is 5.97 Å². The summed E-state index contributed by atoms with van der Waals surface area (Å²) in [6, 6.07) is 3.23. The summed E-state index contributed by atoms with van der Waals surface area (Å²) in [4.78, 5) is 11.2. The molecule has 1 rings (SSSR count). The Balaban J connectivity index is 2.35. The Morgan fingerprint density at radius 3 is 2.72 bits per heavy atom. The van der Waals surface area contributed by atoms with Gasteiger partial charge in [-0.05, 0) is 18.6 Å². The van der Waals surface area contributed by atoms with Crippen molar-refractivity contribution < 1.29 is 13.9 Å². The lowest BCUT2D eigenvalue weighted by Gasteiger charge is -2.08. The fourth-order valence-corrected chi connectivity index (χ4v) is 1.87. The fraction of sp³-hybridized carbons (Fsp3) is 0.643. The van der Waals surface area contributed by atoms with Crippen LogP contribution in [-0.2, 0) is 4.74 Å². The third-order valence-electron chi connectivity index (χ3n) is 3.00. The molecule has 1 aromatic rings. The molecule has 0 radical (unpaired) electrons. The number of nitrogens with two attached hydrogens (primary N) is 1. The monoisotopic (exact) mass is 253 g/mol. The summed E-state index contributed by atoms with van der Waals surface area (Å²) in [5.41, 5.74) is 6.02. The summed E-state index contributed by atoms with van der Waals surface area (Å²) in [5, 5.41) is 0. The van der Waals surface area contributed by atoms with Gasteiger partial charge < -0.3 is 14.9 Å². The standard InChI is InChI=1S/C14H23NO3/c1-3-4-5-6-7-8-11(15)12-9-10-13(18-12)14(16)17-2/h9-11H,3-8,15H2,1-2H3. The molecule has 0 saturated heterocycles. The normalized spacial score (nSPS) is 12.4. The highest BCUT2D eigenvalue weighted by molar-refractivity contribution is 5.86. The van der Waals surface area contributed by atoms with Crippen LogP contribution in [0.5, 0.6) is 0 Å². The first-order valence-electron chi connectivity index (χ1n) is 6.62. The third-order valence-corrected chi connectivity index (χ3v) is 3.00. The van der Waals surface area contributed by atoms with E-state index in [2.05, 4.69) is 11.7 Å². The second-order valence-corrected chi connectivity index (χ2v) is 4.50. The lowest BCUT2D eigenvalue weighted by Crippen LogP contribution is -2.09. The number of carbonyl (C=O) groups is 1. The molecule has 0 fully saturated rings. The molecule has 0 spiro atoms. The Kier molecular flexibility index (Phi) is 6.50. The average Bonchev–Trinajstić information content (AvgIpc) is 2.87. The SMILES string of the molecule is CCCCCCCC(N)c1ccc(C(=O)OC)o1. The van der Waals surface area contributed by atoms with Gasteiger partial charge in [-0.25, -0.2) is 4.79 Å². The van der Waals surface area contributed by atoms with Crippen molar-refractivity contribution in [1.82, 2.24) is 0 Å². The van der Waals surface area contributed by atoms with Crippen LogP contribution >= 0.6 is 0 Å². The van der Waals surface area contributed by atoms with E-state index in [-0.39, 0.29) is 11.8 Å². The van der Waals surface area contributed by atoms with Crippen molar-refractivity contribution in [3.63, 3.8) is 0 Å². The fourth-order valence-electron chi connectivity index (χ4n) is 1.87. The van der Waals surface area contributed by atoms with Crippen molar-refractivity contribution in [3.8, 4) is 0 Å². The number of hydrogen-bond acceptors (Lipinski definition) is 4. The van der Waals surface area contributed by atoms with E-state index in [1.54, 1.807) is 12.1 Å². The van der Waals surface area contributed by atoms with Gasteiger partial charge in [0.05, 0.1) is 13.2 Å². The summed E-state index contributed by atoms with van der Waals surface area (Å²) < 4.78 is 9.96. The molecule has 1 aromatic heterocycles. The van der Waals surface area contributed by atoms with E-state index in [0.29, 0.717) is 5.76 Å². The zero-order valence-corrected chi connectivity index (χ0v) is 11.3. The van der Waals surface area contributed by atoms with E-state index >= 15 is 0 Å². The summed E-state index contributed by atoms with van der Waals surface area (Å²) in [5.74, 6) is 0.413. The Morgan fingerprint density at radius 1 is 1.33 bits per heavy atom. The Bertz CT molecular complexity index is 360. The zero-order valence-electron chi connectivity index (χ0n) is 11.3. The van der Waals surface area contributed by atoms with Gasteiger partial charge in [0.25, 0.3) is 0 Å².